The molecule has 0 bridgehead atoms. The number of halogens is 1. The Hall–Kier alpha value is -2.16. The average Bonchev–Trinajstić information content (AvgIpc) is 2.54. The largest absolute Gasteiger partial charge is 1.00 e. The van der Waals surface area contributed by atoms with E-state index in [2.05, 4.69) is 4.90 Å². The van der Waals surface area contributed by atoms with Crippen molar-refractivity contribution in [2.24, 2.45) is 0 Å². The van der Waals surface area contributed by atoms with Crippen molar-refractivity contribution in [3.05, 3.63) is 82.9 Å². The summed E-state index contributed by atoms with van der Waals surface area (Å²) in [5, 5.41) is 0. The molecule has 1 fully saturated rings. The molecule has 0 unspecified atom stereocenters. The number of carbonyl (C=O) groups is 1. The van der Waals surface area contributed by atoms with Crippen LogP contribution in [-0.2, 0) is 4.79 Å². The van der Waals surface area contributed by atoms with Gasteiger partial charge in [0.1, 0.15) is 0 Å². The first-order valence-corrected chi connectivity index (χ1v) is 7.47. The third-order valence-corrected chi connectivity index (χ3v) is 3.74. The first-order valence-electron chi connectivity index (χ1n) is 7.47. The molecule has 0 N–H and O–H groups in total. The third-order valence-electron chi connectivity index (χ3n) is 3.74. The fourth-order valence-electron chi connectivity index (χ4n) is 2.71. The SMILES string of the molecule is CN1C/C(=C\c2ccccc2)C(=O)/C(=C/c2ccccc2)C1.[Cl-]. The van der Waals surface area contributed by atoms with Crippen molar-refractivity contribution in [2.75, 3.05) is 20.1 Å². The van der Waals surface area contributed by atoms with Gasteiger partial charge in [-0.2, -0.15) is 0 Å². The van der Waals surface area contributed by atoms with E-state index in [9.17, 15) is 4.79 Å². The smallest absolute Gasteiger partial charge is 0.187 e. The second-order valence-corrected chi connectivity index (χ2v) is 5.66. The molecule has 1 saturated heterocycles. The van der Waals surface area contributed by atoms with Gasteiger partial charge in [-0.05, 0) is 30.3 Å². The fourth-order valence-corrected chi connectivity index (χ4v) is 2.71. The Morgan fingerprint density at radius 2 is 1.17 bits per heavy atom. The molecule has 3 rings (SSSR count). The lowest BCUT2D eigenvalue weighted by atomic mass is 9.94. The standard InChI is InChI=1S/C20H19NO.ClH/c1-21-14-18(12-16-8-4-2-5-9-16)20(22)19(15-21)13-17-10-6-3-7-11-17;/h2-13H,14-15H2,1H3;1H/p-1/b18-12+,19-13+;. The molecular formula is C20H19ClNO-. The predicted octanol–water partition coefficient (Wildman–Crippen LogP) is 0.672. The molecule has 1 aliphatic rings. The topological polar surface area (TPSA) is 20.3 Å². The van der Waals surface area contributed by atoms with Crippen molar-refractivity contribution < 1.29 is 17.2 Å². The van der Waals surface area contributed by atoms with E-state index < -0.39 is 0 Å². The van der Waals surface area contributed by atoms with Crippen LogP contribution in [0.25, 0.3) is 12.2 Å². The summed E-state index contributed by atoms with van der Waals surface area (Å²) in [6.07, 6.45) is 3.99. The lowest BCUT2D eigenvalue weighted by Crippen LogP contribution is -3.00. The molecule has 2 aromatic rings. The van der Waals surface area contributed by atoms with E-state index in [1.54, 1.807) is 0 Å². The number of piperidine rings is 1. The van der Waals surface area contributed by atoms with Crippen molar-refractivity contribution in [1.29, 1.82) is 0 Å². The van der Waals surface area contributed by atoms with Gasteiger partial charge in [0.15, 0.2) is 5.78 Å². The van der Waals surface area contributed by atoms with Gasteiger partial charge in [0, 0.05) is 24.2 Å². The highest BCUT2D eigenvalue weighted by Crippen LogP contribution is 2.21. The molecule has 1 aliphatic heterocycles. The van der Waals surface area contributed by atoms with Gasteiger partial charge < -0.3 is 12.4 Å². The fraction of sp³-hybridized carbons (Fsp3) is 0.150. The van der Waals surface area contributed by atoms with Crippen LogP contribution in [0.1, 0.15) is 11.1 Å². The van der Waals surface area contributed by atoms with E-state index in [4.69, 9.17) is 0 Å². The maximum Gasteiger partial charge on any atom is 0.187 e. The number of benzene rings is 2. The van der Waals surface area contributed by atoms with Crippen molar-refractivity contribution in [1.82, 2.24) is 4.90 Å². The zero-order chi connectivity index (χ0) is 15.4. The Bertz CT molecular complexity index is 658. The maximum atomic E-state index is 12.7. The second kappa shape index (κ2) is 7.91. The van der Waals surface area contributed by atoms with Crippen molar-refractivity contribution in [3.63, 3.8) is 0 Å². The zero-order valence-corrected chi connectivity index (χ0v) is 13.8. The highest BCUT2D eigenvalue weighted by atomic mass is 35.5. The molecule has 0 aliphatic carbocycles. The maximum absolute atomic E-state index is 12.7. The molecule has 2 nitrogen and oxygen atoms in total. The molecule has 1 heterocycles. The van der Waals surface area contributed by atoms with Gasteiger partial charge in [-0.15, -0.1) is 0 Å². The van der Waals surface area contributed by atoms with Crippen LogP contribution in [0.5, 0.6) is 0 Å². The summed E-state index contributed by atoms with van der Waals surface area (Å²) in [6, 6.07) is 20.0. The highest BCUT2D eigenvalue weighted by molar-refractivity contribution is 6.14. The summed E-state index contributed by atoms with van der Waals surface area (Å²) in [4.78, 5) is 14.9. The Kier molecular flexibility index (Phi) is 5.91. The Morgan fingerprint density at radius 1 is 0.783 bits per heavy atom. The van der Waals surface area contributed by atoms with Crippen LogP contribution in [0, 0.1) is 0 Å². The number of hydrogen-bond donors (Lipinski definition) is 0. The van der Waals surface area contributed by atoms with Gasteiger partial charge in [-0.1, -0.05) is 60.7 Å². The molecular weight excluding hydrogens is 306 g/mol. The van der Waals surface area contributed by atoms with Gasteiger partial charge >= 0.3 is 0 Å². The van der Waals surface area contributed by atoms with Crippen LogP contribution < -0.4 is 12.4 Å². The number of likely N-dealkylation sites (tertiary alicyclic amines) is 1. The van der Waals surface area contributed by atoms with Crippen LogP contribution in [-0.4, -0.2) is 30.8 Å². The van der Waals surface area contributed by atoms with E-state index in [0.717, 1.165) is 22.3 Å². The van der Waals surface area contributed by atoms with Crippen LogP contribution in [0.4, 0.5) is 0 Å². The molecule has 3 heteroatoms. The van der Waals surface area contributed by atoms with E-state index in [1.807, 2.05) is 79.9 Å². The van der Waals surface area contributed by atoms with Gasteiger partial charge in [0.25, 0.3) is 0 Å². The number of carbonyl (C=O) groups excluding carboxylic acids is 1. The molecule has 0 atom stereocenters. The van der Waals surface area contributed by atoms with Gasteiger partial charge in [-0.25, -0.2) is 0 Å². The highest BCUT2D eigenvalue weighted by Gasteiger charge is 2.23. The molecule has 23 heavy (non-hydrogen) atoms. The van der Waals surface area contributed by atoms with Gasteiger partial charge in [-0.3, -0.25) is 9.69 Å². The summed E-state index contributed by atoms with van der Waals surface area (Å²) in [7, 11) is 2.05. The molecule has 2 aromatic carbocycles. The second-order valence-electron chi connectivity index (χ2n) is 5.66. The quantitative estimate of drug-likeness (QED) is 0.757. The number of hydrogen-bond acceptors (Lipinski definition) is 2. The number of rotatable bonds is 2. The molecule has 0 spiro atoms. The molecule has 118 valence electrons. The minimum Gasteiger partial charge on any atom is -1.00 e. The van der Waals surface area contributed by atoms with Crippen LogP contribution in [0.3, 0.4) is 0 Å². The van der Waals surface area contributed by atoms with E-state index in [-0.39, 0.29) is 18.2 Å². The normalized spacial score (nSPS) is 18.9. The summed E-state index contributed by atoms with van der Waals surface area (Å²) in [6.45, 7) is 1.39. The van der Waals surface area contributed by atoms with Crippen molar-refractivity contribution >= 4 is 17.9 Å². The van der Waals surface area contributed by atoms with Crippen LogP contribution in [0.15, 0.2) is 71.8 Å². The monoisotopic (exact) mass is 324 g/mol. The minimum atomic E-state index is 0. The predicted molar refractivity (Wildman–Crippen MR) is 91.3 cm³/mol. The molecule has 0 amide bonds. The lowest BCUT2D eigenvalue weighted by Gasteiger charge is -2.26. The number of nitrogens with zero attached hydrogens (tertiary/aromatic N) is 1. The summed E-state index contributed by atoms with van der Waals surface area (Å²) < 4.78 is 0. The Balaban J connectivity index is 0.00000192. The minimum absolute atomic E-state index is 0. The molecule has 0 radical (unpaired) electrons. The molecule has 0 saturated carbocycles. The lowest BCUT2D eigenvalue weighted by molar-refractivity contribution is -0.113. The van der Waals surface area contributed by atoms with Gasteiger partial charge in [0.05, 0.1) is 0 Å². The number of Topliss-reactive ketones (excluding diaryl/α,β-unsaturated/α-hetero) is 1. The summed E-state index contributed by atoms with van der Waals surface area (Å²) >= 11 is 0. The van der Waals surface area contributed by atoms with Crippen LogP contribution >= 0.6 is 0 Å². The Morgan fingerprint density at radius 3 is 1.57 bits per heavy atom. The average molecular weight is 325 g/mol. The zero-order valence-electron chi connectivity index (χ0n) is 13.1. The summed E-state index contributed by atoms with van der Waals surface area (Å²) in [5.74, 6) is 0.158. The van der Waals surface area contributed by atoms with Crippen LogP contribution in [0.2, 0.25) is 0 Å². The Labute approximate surface area is 143 Å². The van der Waals surface area contributed by atoms with Crippen molar-refractivity contribution in [2.45, 2.75) is 0 Å². The third kappa shape index (κ3) is 4.41. The molecule has 0 aromatic heterocycles. The van der Waals surface area contributed by atoms with E-state index in [1.165, 1.54) is 0 Å². The van der Waals surface area contributed by atoms with E-state index in [0.29, 0.717) is 13.1 Å². The van der Waals surface area contributed by atoms with Gasteiger partial charge in [0.2, 0.25) is 0 Å². The number of likely N-dealkylation sites (N-methyl/N-ethyl adjacent to an activating group) is 1. The number of ketones is 1. The summed E-state index contributed by atoms with van der Waals surface area (Å²) in [5.41, 5.74) is 3.84. The first-order chi connectivity index (χ1) is 10.7. The van der Waals surface area contributed by atoms with Crippen molar-refractivity contribution in [3.8, 4) is 0 Å². The first kappa shape index (κ1) is 17.2. The van der Waals surface area contributed by atoms with E-state index >= 15 is 0 Å².